The van der Waals surface area contributed by atoms with Crippen LogP contribution in [0, 0.1) is 23.2 Å². The maximum Gasteiger partial charge on any atom is 0.328 e. The van der Waals surface area contributed by atoms with Crippen LogP contribution in [0.25, 0.3) is 0 Å². The van der Waals surface area contributed by atoms with Crippen molar-refractivity contribution < 1.29 is 4.79 Å². The molecule has 26 heavy (non-hydrogen) atoms. The Balaban J connectivity index is 3.52. The summed E-state index contributed by atoms with van der Waals surface area (Å²) >= 11 is 0. The number of carbonyl (C=O) groups is 1. The molecule has 0 aliphatic heterocycles. The number of hydrogen-bond acceptors (Lipinski definition) is 4. The smallest absolute Gasteiger partial charge is 0.293 e. The third kappa shape index (κ3) is 4.29. The van der Waals surface area contributed by atoms with E-state index in [1.165, 1.54) is 11.6 Å². The summed E-state index contributed by atoms with van der Waals surface area (Å²) in [6, 6.07) is 2.22. The van der Waals surface area contributed by atoms with E-state index in [0.29, 0.717) is 5.57 Å². The fourth-order valence-corrected chi connectivity index (χ4v) is 2.82. The van der Waals surface area contributed by atoms with Gasteiger partial charge < -0.3 is 0 Å². The molecule has 1 N–H and O–H groups in total. The summed E-state index contributed by atoms with van der Waals surface area (Å²) in [6.07, 6.45) is 3.56. The third-order valence-corrected chi connectivity index (χ3v) is 4.80. The van der Waals surface area contributed by atoms with Crippen molar-refractivity contribution >= 4 is 5.78 Å². The van der Waals surface area contributed by atoms with Gasteiger partial charge in [0.15, 0.2) is 0 Å². The van der Waals surface area contributed by atoms with E-state index in [1.54, 1.807) is 26.8 Å². The lowest BCUT2D eigenvalue weighted by Gasteiger charge is -2.17. The molecule has 6 heteroatoms. The first-order valence-corrected chi connectivity index (χ1v) is 8.65. The Hall–Kier alpha value is -2.68. The van der Waals surface area contributed by atoms with Gasteiger partial charge in [-0.25, -0.2) is 4.79 Å². The quantitative estimate of drug-likeness (QED) is 0.481. The van der Waals surface area contributed by atoms with Gasteiger partial charge in [-0.3, -0.25) is 19.1 Å². The molecular formula is C20H27N3O3. The molecule has 2 atom stereocenters. The summed E-state index contributed by atoms with van der Waals surface area (Å²) in [5.41, 5.74) is 0.569. The van der Waals surface area contributed by atoms with Gasteiger partial charge in [0.05, 0.1) is 12.0 Å². The van der Waals surface area contributed by atoms with Crippen molar-refractivity contribution in [2.75, 3.05) is 0 Å². The second-order valence-electron chi connectivity index (χ2n) is 6.89. The summed E-state index contributed by atoms with van der Waals surface area (Å²) in [7, 11) is 1.46. The summed E-state index contributed by atoms with van der Waals surface area (Å²) < 4.78 is 1.17. The number of rotatable bonds is 6. The highest BCUT2D eigenvalue weighted by Gasteiger charge is 2.24. The Morgan fingerprint density at radius 3 is 2.27 bits per heavy atom. The number of nitrogens with one attached hydrogen (secondary N) is 1. The zero-order valence-electron chi connectivity index (χ0n) is 16.5. The van der Waals surface area contributed by atoms with E-state index in [4.69, 9.17) is 0 Å². The molecule has 2 unspecified atom stereocenters. The largest absolute Gasteiger partial charge is 0.328 e. The molecule has 1 aromatic rings. The van der Waals surface area contributed by atoms with Gasteiger partial charge in [0.2, 0.25) is 5.78 Å². The summed E-state index contributed by atoms with van der Waals surface area (Å²) in [5, 5.41) is 9.48. The predicted octanol–water partition coefficient (Wildman–Crippen LogP) is 3.07. The lowest BCUT2D eigenvalue weighted by Crippen LogP contribution is -2.36. The van der Waals surface area contributed by atoms with Crippen molar-refractivity contribution in [1.82, 2.24) is 9.55 Å². The number of aromatic amines is 1. The van der Waals surface area contributed by atoms with Gasteiger partial charge in [0.25, 0.3) is 5.56 Å². The Bertz CT molecular complexity index is 908. The number of carbonyl (C=O) groups excluding carboxylic acids is 1. The maximum atomic E-state index is 13.0. The van der Waals surface area contributed by atoms with Crippen LogP contribution < -0.4 is 11.2 Å². The topological polar surface area (TPSA) is 95.7 Å². The van der Waals surface area contributed by atoms with Crippen LogP contribution in [0.3, 0.4) is 0 Å². The van der Waals surface area contributed by atoms with E-state index < -0.39 is 23.0 Å². The number of aromatic nitrogens is 2. The molecule has 1 aromatic heterocycles. The van der Waals surface area contributed by atoms with E-state index in [0.717, 1.165) is 5.57 Å². The van der Waals surface area contributed by atoms with E-state index in [2.05, 4.69) is 11.1 Å². The van der Waals surface area contributed by atoms with E-state index in [1.807, 2.05) is 26.8 Å². The molecule has 0 aliphatic carbocycles. The normalized spacial score (nSPS) is 14.9. The Labute approximate surface area is 153 Å². The van der Waals surface area contributed by atoms with Gasteiger partial charge in [0.1, 0.15) is 5.69 Å². The van der Waals surface area contributed by atoms with E-state index >= 15 is 0 Å². The molecule has 0 spiro atoms. The number of nitriles is 1. The first kappa shape index (κ1) is 21.4. The standard InChI is InChI=1S/C20H27N3O3/c1-8-12(4)14(6)15(10-21)9-13(5)18(24)17-16(11(2)3)19(25)22-20(26)23(17)7/h8-9,11,14-15H,1-7H3,(H,22,25,26)/b12-8-,13-9+. The van der Waals surface area contributed by atoms with Crippen molar-refractivity contribution in [3.05, 3.63) is 55.4 Å². The van der Waals surface area contributed by atoms with Gasteiger partial charge in [-0.15, -0.1) is 0 Å². The molecule has 0 radical (unpaired) electrons. The van der Waals surface area contributed by atoms with Gasteiger partial charge in [-0.1, -0.05) is 38.5 Å². The van der Waals surface area contributed by atoms with Crippen molar-refractivity contribution in [2.45, 2.75) is 47.5 Å². The van der Waals surface area contributed by atoms with Gasteiger partial charge in [-0.2, -0.15) is 5.26 Å². The van der Waals surface area contributed by atoms with Crippen LogP contribution >= 0.6 is 0 Å². The molecule has 140 valence electrons. The van der Waals surface area contributed by atoms with E-state index in [-0.39, 0.29) is 23.1 Å². The first-order chi connectivity index (χ1) is 12.1. The highest BCUT2D eigenvalue weighted by Crippen LogP contribution is 2.24. The number of Topliss-reactive ketones (excluding diaryl/α,β-unsaturated/α-hetero) is 1. The SMILES string of the molecule is C/C=C(/C)C(C)C(C#N)/C=C(\C)C(=O)c1c(C(C)C)c(=O)[nH]c(=O)n1C. The zero-order valence-corrected chi connectivity index (χ0v) is 16.5. The molecule has 0 aromatic carbocycles. The van der Waals surface area contributed by atoms with Crippen LogP contribution in [-0.2, 0) is 7.05 Å². The Morgan fingerprint density at radius 2 is 1.81 bits per heavy atom. The van der Waals surface area contributed by atoms with Crippen LogP contribution in [0.4, 0.5) is 0 Å². The third-order valence-electron chi connectivity index (χ3n) is 4.80. The van der Waals surface area contributed by atoms with Crippen molar-refractivity contribution in [3.8, 4) is 6.07 Å². The average Bonchev–Trinajstić information content (AvgIpc) is 2.59. The van der Waals surface area contributed by atoms with Crippen LogP contribution in [0.15, 0.2) is 32.9 Å². The molecule has 6 nitrogen and oxygen atoms in total. The molecule has 1 heterocycles. The summed E-state index contributed by atoms with van der Waals surface area (Å²) in [5.74, 6) is -1.16. The lowest BCUT2D eigenvalue weighted by atomic mass is 9.86. The lowest BCUT2D eigenvalue weighted by molar-refractivity contribution is 0.102. The van der Waals surface area contributed by atoms with Crippen LogP contribution in [0.1, 0.15) is 63.5 Å². The fraction of sp³-hybridized carbons (Fsp3) is 0.500. The number of nitrogens with zero attached hydrogens (tertiary/aromatic N) is 2. The monoisotopic (exact) mass is 357 g/mol. The second kappa shape index (κ2) is 8.61. The van der Waals surface area contributed by atoms with Gasteiger partial charge in [0, 0.05) is 12.6 Å². The highest BCUT2D eigenvalue weighted by atomic mass is 16.2. The summed E-state index contributed by atoms with van der Waals surface area (Å²) in [4.78, 5) is 39.4. The van der Waals surface area contributed by atoms with E-state index in [9.17, 15) is 19.6 Å². The molecule has 0 aliphatic rings. The Kier molecular flexibility index (Phi) is 7.08. The first-order valence-electron chi connectivity index (χ1n) is 8.65. The fourth-order valence-electron chi connectivity index (χ4n) is 2.82. The minimum atomic E-state index is -0.634. The van der Waals surface area contributed by atoms with Crippen LogP contribution in [0.2, 0.25) is 0 Å². The van der Waals surface area contributed by atoms with Crippen molar-refractivity contribution in [3.63, 3.8) is 0 Å². The Morgan fingerprint density at radius 1 is 1.23 bits per heavy atom. The highest BCUT2D eigenvalue weighted by molar-refractivity contribution is 6.08. The van der Waals surface area contributed by atoms with Gasteiger partial charge >= 0.3 is 5.69 Å². The van der Waals surface area contributed by atoms with Crippen molar-refractivity contribution in [2.24, 2.45) is 18.9 Å². The molecule has 0 saturated heterocycles. The molecule has 0 amide bonds. The summed E-state index contributed by atoms with van der Waals surface area (Å²) in [6.45, 7) is 11.0. The van der Waals surface area contributed by atoms with Crippen LogP contribution in [-0.4, -0.2) is 15.3 Å². The number of ketones is 1. The van der Waals surface area contributed by atoms with Crippen LogP contribution in [0.5, 0.6) is 0 Å². The molecule has 1 rings (SSSR count). The number of hydrogen-bond donors (Lipinski definition) is 1. The predicted molar refractivity (Wildman–Crippen MR) is 102 cm³/mol. The number of allylic oxidation sites excluding steroid dienone is 4. The molecule has 0 fully saturated rings. The second-order valence-corrected chi connectivity index (χ2v) is 6.89. The minimum Gasteiger partial charge on any atom is -0.293 e. The minimum absolute atomic E-state index is 0.0414. The average molecular weight is 357 g/mol. The van der Waals surface area contributed by atoms with Crippen molar-refractivity contribution in [1.29, 1.82) is 5.26 Å². The molecular weight excluding hydrogens is 330 g/mol. The molecule has 0 saturated carbocycles. The maximum absolute atomic E-state index is 13.0. The van der Waals surface area contributed by atoms with Gasteiger partial charge in [-0.05, 0) is 38.2 Å². The zero-order chi connectivity index (χ0) is 20.2. The molecule has 0 bridgehead atoms. The number of H-pyrrole nitrogens is 1.